The fourth-order valence-electron chi connectivity index (χ4n) is 1.90. The van der Waals surface area contributed by atoms with Gasteiger partial charge in [-0.3, -0.25) is 4.79 Å². The number of hydrogen-bond donors (Lipinski definition) is 0. The number of ether oxygens (including phenoxy) is 2. The second-order valence-corrected chi connectivity index (χ2v) is 4.75. The van der Waals surface area contributed by atoms with Gasteiger partial charge < -0.3 is 9.47 Å². The maximum atomic E-state index is 12.0. The van der Waals surface area contributed by atoms with Crippen molar-refractivity contribution in [3.05, 3.63) is 64.7 Å². The Hall–Kier alpha value is -2.26. The van der Waals surface area contributed by atoms with Crippen LogP contribution in [0.5, 0.6) is 11.5 Å². The molecule has 0 N–H and O–H groups in total. The van der Waals surface area contributed by atoms with Gasteiger partial charge in [0.05, 0.1) is 0 Å². The van der Waals surface area contributed by atoms with Gasteiger partial charge in [-0.25, -0.2) is 0 Å². The molecule has 2 aromatic rings. The van der Waals surface area contributed by atoms with Crippen LogP contribution < -0.4 is 9.47 Å². The monoisotopic (exact) mass is 286 g/mol. The van der Waals surface area contributed by atoms with E-state index in [9.17, 15) is 4.79 Å². The van der Waals surface area contributed by atoms with Crippen LogP contribution in [-0.2, 0) is 0 Å². The molecule has 20 heavy (non-hydrogen) atoms. The predicted molar refractivity (Wildman–Crippen MR) is 77.4 cm³/mol. The van der Waals surface area contributed by atoms with Gasteiger partial charge in [-0.1, -0.05) is 23.7 Å². The molecule has 3 rings (SSSR count). The first-order valence-corrected chi connectivity index (χ1v) is 6.48. The molecular formula is C16H11ClO3. The molecule has 0 saturated carbocycles. The number of hydrogen-bond acceptors (Lipinski definition) is 3. The average molecular weight is 287 g/mol. The second kappa shape index (κ2) is 5.39. The molecule has 3 nitrogen and oxygen atoms in total. The number of carbonyl (C=O) groups excluding carboxylic acids is 1. The van der Waals surface area contributed by atoms with Crippen LogP contribution in [0.15, 0.2) is 48.5 Å². The summed E-state index contributed by atoms with van der Waals surface area (Å²) in [5.74, 6) is 1.36. The number of ketones is 1. The average Bonchev–Trinajstić information content (AvgIpc) is 2.93. The molecule has 0 radical (unpaired) electrons. The molecule has 0 unspecified atom stereocenters. The van der Waals surface area contributed by atoms with Crippen molar-refractivity contribution in [2.24, 2.45) is 0 Å². The smallest absolute Gasteiger partial charge is 0.231 e. The fraction of sp³-hybridized carbons (Fsp3) is 0.0625. The SMILES string of the molecule is O=C(/C=C\c1ccc2c(c1)OCO2)c1ccc(Cl)cc1. The van der Waals surface area contributed by atoms with Crippen LogP contribution in [0, 0.1) is 0 Å². The van der Waals surface area contributed by atoms with E-state index in [1.807, 2.05) is 18.2 Å². The maximum Gasteiger partial charge on any atom is 0.231 e. The zero-order valence-corrected chi connectivity index (χ0v) is 11.3. The van der Waals surface area contributed by atoms with Crippen LogP contribution in [0.1, 0.15) is 15.9 Å². The summed E-state index contributed by atoms with van der Waals surface area (Å²) in [5.41, 5.74) is 1.49. The van der Waals surface area contributed by atoms with Gasteiger partial charge in [-0.05, 0) is 48.0 Å². The van der Waals surface area contributed by atoms with Crippen LogP contribution in [-0.4, -0.2) is 12.6 Å². The molecule has 0 aliphatic carbocycles. The van der Waals surface area contributed by atoms with Gasteiger partial charge in [0.25, 0.3) is 0 Å². The van der Waals surface area contributed by atoms with E-state index in [1.165, 1.54) is 6.08 Å². The number of benzene rings is 2. The lowest BCUT2D eigenvalue weighted by Gasteiger charge is -1.98. The molecule has 1 heterocycles. The Bertz CT molecular complexity index is 675. The third kappa shape index (κ3) is 2.68. The molecule has 0 atom stereocenters. The summed E-state index contributed by atoms with van der Waals surface area (Å²) < 4.78 is 10.5. The number of rotatable bonds is 3. The van der Waals surface area contributed by atoms with Crippen molar-refractivity contribution >= 4 is 23.5 Å². The van der Waals surface area contributed by atoms with E-state index in [0.29, 0.717) is 16.3 Å². The summed E-state index contributed by atoms with van der Waals surface area (Å²) in [6.45, 7) is 0.242. The van der Waals surface area contributed by atoms with E-state index in [2.05, 4.69) is 0 Å². The molecule has 0 fully saturated rings. The third-order valence-electron chi connectivity index (χ3n) is 2.95. The first-order chi connectivity index (χ1) is 9.72. The summed E-state index contributed by atoms with van der Waals surface area (Å²) >= 11 is 5.79. The minimum atomic E-state index is -0.0701. The fourth-order valence-corrected chi connectivity index (χ4v) is 2.03. The van der Waals surface area contributed by atoms with Crippen LogP contribution >= 0.6 is 11.6 Å². The number of halogens is 1. The highest BCUT2D eigenvalue weighted by molar-refractivity contribution is 6.30. The molecule has 2 aromatic carbocycles. The topological polar surface area (TPSA) is 35.5 Å². The van der Waals surface area contributed by atoms with E-state index < -0.39 is 0 Å². The number of allylic oxidation sites excluding steroid dienone is 1. The van der Waals surface area contributed by atoms with Crippen molar-refractivity contribution in [2.45, 2.75) is 0 Å². The first-order valence-electron chi connectivity index (χ1n) is 6.10. The minimum Gasteiger partial charge on any atom is -0.454 e. The van der Waals surface area contributed by atoms with Gasteiger partial charge in [0.15, 0.2) is 17.3 Å². The van der Waals surface area contributed by atoms with E-state index in [0.717, 1.165) is 11.3 Å². The number of carbonyl (C=O) groups is 1. The van der Waals surface area contributed by atoms with Gasteiger partial charge >= 0.3 is 0 Å². The van der Waals surface area contributed by atoms with Gasteiger partial charge in [-0.2, -0.15) is 0 Å². The van der Waals surface area contributed by atoms with Crippen molar-refractivity contribution < 1.29 is 14.3 Å². The lowest BCUT2D eigenvalue weighted by atomic mass is 10.1. The first kappa shape index (κ1) is 12.8. The molecule has 0 saturated heterocycles. The molecule has 0 amide bonds. The molecule has 4 heteroatoms. The highest BCUT2D eigenvalue weighted by Crippen LogP contribution is 2.32. The summed E-state index contributed by atoms with van der Waals surface area (Å²) in [5, 5.41) is 0.612. The van der Waals surface area contributed by atoms with E-state index in [1.54, 1.807) is 30.3 Å². The third-order valence-corrected chi connectivity index (χ3v) is 3.20. The Morgan fingerprint density at radius 2 is 1.80 bits per heavy atom. The summed E-state index contributed by atoms with van der Waals surface area (Å²) in [6.07, 6.45) is 3.28. The minimum absolute atomic E-state index is 0.0701. The maximum absolute atomic E-state index is 12.0. The van der Waals surface area contributed by atoms with Crippen molar-refractivity contribution in [2.75, 3.05) is 6.79 Å². The van der Waals surface area contributed by atoms with Crippen molar-refractivity contribution in [1.82, 2.24) is 0 Å². The standard InChI is InChI=1S/C16H11ClO3/c17-13-5-3-12(4-6-13)14(18)7-1-11-2-8-15-16(9-11)20-10-19-15/h1-9H,10H2/b7-1-. The Morgan fingerprint density at radius 3 is 2.60 bits per heavy atom. The van der Waals surface area contributed by atoms with Gasteiger partial charge in [0.2, 0.25) is 6.79 Å². The zero-order chi connectivity index (χ0) is 13.9. The lowest BCUT2D eigenvalue weighted by molar-refractivity contribution is 0.104. The zero-order valence-electron chi connectivity index (χ0n) is 10.5. The van der Waals surface area contributed by atoms with Crippen molar-refractivity contribution in [3.8, 4) is 11.5 Å². The van der Waals surface area contributed by atoms with Crippen LogP contribution in [0.25, 0.3) is 6.08 Å². The van der Waals surface area contributed by atoms with E-state index >= 15 is 0 Å². The molecular weight excluding hydrogens is 276 g/mol. The largest absolute Gasteiger partial charge is 0.454 e. The highest BCUT2D eigenvalue weighted by atomic mass is 35.5. The molecule has 1 aliphatic rings. The molecule has 1 aliphatic heterocycles. The van der Waals surface area contributed by atoms with Gasteiger partial charge in [0.1, 0.15) is 0 Å². The van der Waals surface area contributed by atoms with Crippen molar-refractivity contribution in [3.63, 3.8) is 0 Å². The summed E-state index contributed by atoms with van der Waals surface area (Å²) in [4.78, 5) is 12.0. The van der Waals surface area contributed by atoms with Gasteiger partial charge in [-0.15, -0.1) is 0 Å². The van der Waals surface area contributed by atoms with E-state index in [-0.39, 0.29) is 12.6 Å². The quantitative estimate of drug-likeness (QED) is 0.633. The Balaban J connectivity index is 1.76. The molecule has 100 valence electrons. The predicted octanol–water partition coefficient (Wildman–Crippen LogP) is 3.96. The van der Waals surface area contributed by atoms with E-state index in [4.69, 9.17) is 21.1 Å². The molecule has 0 aromatic heterocycles. The van der Waals surface area contributed by atoms with Crippen LogP contribution in [0.4, 0.5) is 0 Å². The summed E-state index contributed by atoms with van der Waals surface area (Å²) in [6, 6.07) is 12.3. The normalized spacial score (nSPS) is 12.8. The summed E-state index contributed by atoms with van der Waals surface area (Å²) in [7, 11) is 0. The molecule has 0 spiro atoms. The Labute approximate surface area is 121 Å². The lowest BCUT2D eigenvalue weighted by Crippen LogP contribution is -1.93. The van der Waals surface area contributed by atoms with Crippen molar-refractivity contribution in [1.29, 1.82) is 0 Å². The number of fused-ring (bicyclic) bond motifs is 1. The van der Waals surface area contributed by atoms with Crippen LogP contribution in [0.2, 0.25) is 5.02 Å². The van der Waals surface area contributed by atoms with Gasteiger partial charge in [0, 0.05) is 10.6 Å². The van der Waals surface area contributed by atoms with Crippen LogP contribution in [0.3, 0.4) is 0 Å². The second-order valence-electron chi connectivity index (χ2n) is 4.32. The molecule has 0 bridgehead atoms. The Kier molecular flexibility index (Phi) is 3.44. The Morgan fingerprint density at radius 1 is 1.05 bits per heavy atom. The highest BCUT2D eigenvalue weighted by Gasteiger charge is 2.12.